The molecule has 1 heterocycles. The fraction of sp³-hybridized carbons (Fsp3) is 0.0526. The van der Waals surface area contributed by atoms with Crippen molar-refractivity contribution >= 4 is 52.1 Å². The zero-order valence-corrected chi connectivity index (χ0v) is 17.2. The lowest BCUT2D eigenvalue weighted by Crippen LogP contribution is -2.20. The first-order valence-corrected chi connectivity index (χ1v) is 9.34. The molecular formula is C19H12Cl2F3N5O3. The summed E-state index contributed by atoms with van der Waals surface area (Å²) in [6, 6.07) is 7.05. The van der Waals surface area contributed by atoms with E-state index in [1.165, 1.54) is 30.5 Å². The summed E-state index contributed by atoms with van der Waals surface area (Å²) in [5.41, 5.74) is 4.34. The number of nitrogens with two attached hydrogens (primary N) is 1. The fourth-order valence-corrected chi connectivity index (χ4v) is 2.97. The molecule has 0 aliphatic heterocycles. The lowest BCUT2D eigenvalue weighted by atomic mass is 10.2. The number of hydrogen-bond donors (Lipinski definition) is 3. The Bertz CT molecular complexity index is 1190. The van der Waals surface area contributed by atoms with Gasteiger partial charge in [0.25, 0.3) is 0 Å². The van der Waals surface area contributed by atoms with Crippen LogP contribution in [0.2, 0.25) is 10.0 Å². The summed E-state index contributed by atoms with van der Waals surface area (Å²) in [6.07, 6.45) is -3.28. The first-order chi connectivity index (χ1) is 15.1. The number of nitroso groups, excluding NO2 is 1. The molecule has 0 saturated heterocycles. The van der Waals surface area contributed by atoms with Crippen LogP contribution in [-0.4, -0.2) is 11.0 Å². The van der Waals surface area contributed by atoms with Gasteiger partial charge in [0, 0.05) is 24.0 Å². The number of aromatic nitrogens is 1. The number of rotatable bonds is 5. The zero-order valence-electron chi connectivity index (χ0n) is 15.7. The second-order valence-electron chi connectivity index (χ2n) is 6.16. The number of urea groups is 1. The van der Waals surface area contributed by atoms with Gasteiger partial charge in [0.05, 0.1) is 21.3 Å². The number of anilines is 3. The average Bonchev–Trinajstić information content (AvgIpc) is 2.71. The Morgan fingerprint density at radius 1 is 1.06 bits per heavy atom. The van der Waals surface area contributed by atoms with Gasteiger partial charge in [-0.3, -0.25) is 0 Å². The summed E-state index contributed by atoms with van der Waals surface area (Å²) < 4.78 is 44.1. The van der Waals surface area contributed by atoms with Crippen LogP contribution in [-0.2, 0) is 6.18 Å². The van der Waals surface area contributed by atoms with E-state index >= 15 is 0 Å². The van der Waals surface area contributed by atoms with Crippen LogP contribution in [0.15, 0.2) is 53.8 Å². The van der Waals surface area contributed by atoms with Gasteiger partial charge < -0.3 is 21.1 Å². The van der Waals surface area contributed by atoms with Gasteiger partial charge in [-0.1, -0.05) is 29.3 Å². The van der Waals surface area contributed by atoms with Crippen LogP contribution in [0.25, 0.3) is 0 Å². The Morgan fingerprint density at radius 2 is 1.81 bits per heavy atom. The van der Waals surface area contributed by atoms with Crippen LogP contribution in [0.4, 0.5) is 40.8 Å². The molecule has 0 radical (unpaired) electrons. The lowest BCUT2D eigenvalue weighted by molar-refractivity contribution is -0.137. The average molecular weight is 486 g/mol. The smallest absolute Gasteiger partial charge is 0.416 e. The molecule has 0 bridgehead atoms. The van der Waals surface area contributed by atoms with Gasteiger partial charge in [0.1, 0.15) is 5.75 Å². The van der Waals surface area contributed by atoms with E-state index in [-0.39, 0.29) is 44.4 Å². The molecule has 0 atom stereocenters. The molecule has 2 amide bonds. The summed E-state index contributed by atoms with van der Waals surface area (Å²) in [7, 11) is 0. The zero-order chi connectivity index (χ0) is 23.5. The van der Waals surface area contributed by atoms with Gasteiger partial charge in [0.2, 0.25) is 0 Å². The number of amides is 2. The highest BCUT2D eigenvalue weighted by molar-refractivity contribution is 6.37. The highest BCUT2D eigenvalue weighted by Crippen LogP contribution is 2.40. The number of carbonyl (C=O) groups excluding carboxylic acids is 1. The van der Waals surface area contributed by atoms with Gasteiger partial charge >= 0.3 is 12.2 Å². The quantitative estimate of drug-likeness (QED) is 0.342. The van der Waals surface area contributed by atoms with Gasteiger partial charge in [-0.25, -0.2) is 9.78 Å². The third-order valence-electron chi connectivity index (χ3n) is 3.94. The van der Waals surface area contributed by atoms with Crippen molar-refractivity contribution in [3.63, 3.8) is 0 Å². The molecule has 13 heteroatoms. The Hall–Kier alpha value is -3.57. The highest BCUT2D eigenvalue weighted by atomic mass is 35.5. The topological polar surface area (TPSA) is 119 Å². The summed E-state index contributed by atoms with van der Waals surface area (Å²) in [4.78, 5) is 27.0. The van der Waals surface area contributed by atoms with E-state index in [2.05, 4.69) is 20.8 Å². The standard InChI is InChI=1S/C19H12Cl2F3N5O3/c20-11-7-12(21)15(32-14-4-5-26-17(25)16(14)29-31)8-13(11)28-18(30)27-10-3-1-2-9(6-10)19(22,23)24/h1-8H,(H2,25,26)(H2,27,28,30). The van der Waals surface area contributed by atoms with Crippen LogP contribution in [0.5, 0.6) is 11.5 Å². The van der Waals surface area contributed by atoms with Crippen LogP contribution >= 0.6 is 23.2 Å². The molecule has 3 aromatic rings. The number of alkyl halides is 3. The van der Waals surface area contributed by atoms with Crippen molar-refractivity contribution in [2.24, 2.45) is 5.18 Å². The summed E-state index contributed by atoms with van der Waals surface area (Å²) >= 11 is 12.2. The van der Waals surface area contributed by atoms with Gasteiger partial charge in [-0.2, -0.15) is 13.2 Å². The molecule has 4 N–H and O–H groups in total. The van der Waals surface area contributed by atoms with Crippen molar-refractivity contribution in [2.45, 2.75) is 6.18 Å². The number of nitrogens with one attached hydrogen (secondary N) is 2. The third-order valence-corrected chi connectivity index (χ3v) is 4.55. The van der Waals surface area contributed by atoms with E-state index in [1.807, 2.05) is 0 Å². The molecule has 8 nitrogen and oxygen atoms in total. The first-order valence-electron chi connectivity index (χ1n) is 8.58. The Morgan fingerprint density at radius 3 is 2.50 bits per heavy atom. The van der Waals surface area contributed by atoms with Crippen LogP contribution in [0.3, 0.4) is 0 Å². The van der Waals surface area contributed by atoms with Crippen molar-refractivity contribution < 1.29 is 22.7 Å². The maximum atomic E-state index is 12.8. The highest BCUT2D eigenvalue weighted by Gasteiger charge is 2.30. The molecule has 0 saturated carbocycles. The number of carbonyl (C=O) groups is 1. The molecule has 0 aliphatic rings. The summed E-state index contributed by atoms with van der Waals surface area (Å²) in [5.74, 6) is -0.224. The van der Waals surface area contributed by atoms with E-state index in [1.54, 1.807) is 0 Å². The molecule has 32 heavy (non-hydrogen) atoms. The normalized spacial score (nSPS) is 11.0. The predicted octanol–water partition coefficient (Wildman–Crippen LogP) is 6.82. The van der Waals surface area contributed by atoms with Crippen LogP contribution in [0, 0.1) is 4.91 Å². The second kappa shape index (κ2) is 9.28. The molecule has 0 spiro atoms. The van der Waals surface area contributed by atoms with Crippen molar-refractivity contribution in [1.82, 2.24) is 4.98 Å². The number of benzene rings is 2. The molecule has 0 fully saturated rings. The van der Waals surface area contributed by atoms with Crippen molar-refractivity contribution in [3.8, 4) is 11.5 Å². The lowest BCUT2D eigenvalue weighted by Gasteiger charge is -2.14. The van der Waals surface area contributed by atoms with E-state index in [9.17, 15) is 22.9 Å². The third kappa shape index (κ3) is 5.37. The van der Waals surface area contributed by atoms with E-state index in [0.717, 1.165) is 18.2 Å². The van der Waals surface area contributed by atoms with E-state index in [4.69, 9.17) is 33.7 Å². The van der Waals surface area contributed by atoms with E-state index < -0.39 is 17.8 Å². The molecule has 0 aliphatic carbocycles. The van der Waals surface area contributed by atoms with Crippen molar-refractivity contribution in [3.05, 3.63) is 69.2 Å². The fourth-order valence-electron chi connectivity index (χ4n) is 2.51. The SMILES string of the molecule is Nc1nccc(Oc2cc(NC(=O)Nc3cccc(C(F)(F)F)c3)c(Cl)cc2Cl)c1N=O. The number of nitrogen functional groups attached to an aromatic ring is 1. The number of nitrogens with zero attached hydrogens (tertiary/aromatic N) is 2. The molecular weight excluding hydrogens is 474 g/mol. The first kappa shape index (κ1) is 23.1. The monoisotopic (exact) mass is 485 g/mol. The molecule has 3 rings (SSSR count). The summed E-state index contributed by atoms with van der Waals surface area (Å²) in [5, 5.41) is 7.48. The molecule has 166 valence electrons. The number of ether oxygens (including phenoxy) is 1. The minimum atomic E-state index is -4.56. The number of halogens is 5. The van der Waals surface area contributed by atoms with Crippen LogP contribution in [0.1, 0.15) is 5.56 Å². The Balaban J connectivity index is 1.81. The minimum Gasteiger partial charge on any atom is -0.453 e. The van der Waals surface area contributed by atoms with Gasteiger partial charge in [-0.05, 0) is 29.4 Å². The van der Waals surface area contributed by atoms with Crippen LogP contribution < -0.4 is 21.1 Å². The number of pyridine rings is 1. The summed E-state index contributed by atoms with van der Waals surface area (Å²) in [6.45, 7) is 0. The van der Waals surface area contributed by atoms with Crippen molar-refractivity contribution in [2.75, 3.05) is 16.4 Å². The number of hydrogen-bond acceptors (Lipinski definition) is 6. The van der Waals surface area contributed by atoms with Gasteiger partial charge in [0.15, 0.2) is 17.3 Å². The largest absolute Gasteiger partial charge is 0.453 e. The van der Waals surface area contributed by atoms with E-state index in [0.29, 0.717) is 0 Å². The maximum Gasteiger partial charge on any atom is 0.416 e. The Labute approximate surface area is 188 Å². The predicted molar refractivity (Wildman–Crippen MR) is 115 cm³/mol. The maximum absolute atomic E-state index is 12.8. The molecule has 0 unspecified atom stereocenters. The molecule has 1 aromatic heterocycles. The Kier molecular flexibility index (Phi) is 6.70. The minimum absolute atomic E-state index is 0.0130. The second-order valence-corrected chi connectivity index (χ2v) is 6.97. The molecule has 2 aromatic carbocycles. The van der Waals surface area contributed by atoms with Gasteiger partial charge in [-0.15, -0.1) is 4.91 Å². The van der Waals surface area contributed by atoms with Crippen molar-refractivity contribution in [1.29, 1.82) is 0 Å².